The molecule has 0 aliphatic carbocycles. The molecule has 150 valence electrons. The minimum absolute atomic E-state index is 0.0378. The topological polar surface area (TPSA) is 103 Å². The highest BCUT2D eigenvalue weighted by molar-refractivity contribution is 8.04. The molecule has 4 heterocycles. The van der Waals surface area contributed by atoms with E-state index in [1.54, 1.807) is 6.92 Å². The number of aliphatic carboxylic acids is 1. The van der Waals surface area contributed by atoms with Crippen molar-refractivity contribution in [2.45, 2.75) is 49.7 Å². The summed E-state index contributed by atoms with van der Waals surface area (Å²) >= 11 is 2.82. The van der Waals surface area contributed by atoms with Crippen molar-refractivity contribution in [3.63, 3.8) is 0 Å². The number of carbonyl (C=O) groups excluding carboxylic acids is 1. The van der Waals surface area contributed by atoms with Crippen molar-refractivity contribution in [2.75, 3.05) is 6.54 Å². The molecule has 0 radical (unpaired) electrons. The summed E-state index contributed by atoms with van der Waals surface area (Å²) in [6.45, 7) is 6.46. The predicted molar refractivity (Wildman–Crippen MR) is 108 cm³/mol. The lowest BCUT2D eigenvalue weighted by Gasteiger charge is -2.46. The zero-order chi connectivity index (χ0) is 20.2. The van der Waals surface area contributed by atoms with Crippen LogP contribution in [0.4, 0.5) is 0 Å². The van der Waals surface area contributed by atoms with Crippen LogP contribution in [0.15, 0.2) is 26.4 Å². The number of aliphatic hydroxyl groups is 1. The molecule has 0 spiro atoms. The van der Waals surface area contributed by atoms with Gasteiger partial charge in [0.1, 0.15) is 5.70 Å². The molecule has 1 amide bonds. The number of hydrogen-bond acceptors (Lipinski definition) is 7. The molecular formula is C19H23N3O4S2. The number of aliphatic hydroxyl groups excluding tert-OH is 1. The van der Waals surface area contributed by atoms with Crippen LogP contribution < -0.4 is 5.32 Å². The van der Waals surface area contributed by atoms with E-state index in [-0.39, 0.29) is 23.6 Å². The number of carboxylic acid groups (broad SMARTS) is 1. The van der Waals surface area contributed by atoms with Gasteiger partial charge in [-0.3, -0.25) is 4.79 Å². The van der Waals surface area contributed by atoms with Gasteiger partial charge in [-0.15, -0.1) is 11.3 Å². The van der Waals surface area contributed by atoms with E-state index in [1.165, 1.54) is 33.6 Å². The molecule has 5 atom stereocenters. The van der Waals surface area contributed by atoms with Gasteiger partial charge in [0.15, 0.2) is 4.34 Å². The highest BCUT2D eigenvalue weighted by Gasteiger charge is 2.60. The minimum Gasteiger partial charge on any atom is -0.477 e. The zero-order valence-corrected chi connectivity index (χ0v) is 17.5. The Kier molecular flexibility index (Phi) is 5.11. The largest absolute Gasteiger partial charge is 0.477 e. The summed E-state index contributed by atoms with van der Waals surface area (Å²) in [5, 5.41) is 25.0. The fourth-order valence-corrected chi connectivity index (χ4v) is 6.39. The number of rotatable bonds is 5. The molecule has 1 aromatic rings. The van der Waals surface area contributed by atoms with Crippen LogP contribution in [0, 0.1) is 11.8 Å². The molecule has 1 aromatic heterocycles. The molecule has 0 bridgehead atoms. The van der Waals surface area contributed by atoms with Gasteiger partial charge in [-0.1, -0.05) is 24.8 Å². The van der Waals surface area contributed by atoms with Crippen molar-refractivity contribution in [1.29, 1.82) is 0 Å². The van der Waals surface area contributed by atoms with Crippen LogP contribution >= 0.6 is 23.1 Å². The number of fused-ring (bicyclic) bond motifs is 1. The van der Waals surface area contributed by atoms with Crippen LogP contribution in [0.2, 0.25) is 0 Å². The number of β-lactam (4-membered cyclic amide) rings is 1. The highest BCUT2D eigenvalue weighted by atomic mass is 32.2. The summed E-state index contributed by atoms with van der Waals surface area (Å²) in [7, 11) is 0. The van der Waals surface area contributed by atoms with Gasteiger partial charge in [0.2, 0.25) is 5.91 Å². The van der Waals surface area contributed by atoms with Gasteiger partial charge < -0.3 is 20.4 Å². The third-order valence-electron chi connectivity index (χ3n) is 5.66. The maximum atomic E-state index is 12.4. The first-order chi connectivity index (χ1) is 13.3. The van der Waals surface area contributed by atoms with E-state index in [0.29, 0.717) is 10.9 Å². The Morgan fingerprint density at radius 2 is 2.21 bits per heavy atom. The Balaban J connectivity index is 1.60. The van der Waals surface area contributed by atoms with Gasteiger partial charge in [0.05, 0.1) is 23.8 Å². The Bertz CT molecular complexity index is 891. The molecule has 7 nitrogen and oxygen atoms in total. The monoisotopic (exact) mass is 421 g/mol. The number of carboxylic acids is 1. The lowest BCUT2D eigenvalue weighted by Crippen LogP contribution is -2.63. The van der Waals surface area contributed by atoms with Crippen LogP contribution in [-0.4, -0.2) is 56.7 Å². The smallest absolute Gasteiger partial charge is 0.353 e. The average Bonchev–Trinajstić information content (AvgIpc) is 3.18. The Hall–Kier alpha value is -1.68. The maximum absolute atomic E-state index is 12.4. The van der Waals surface area contributed by atoms with Gasteiger partial charge in [-0.2, -0.15) is 0 Å². The maximum Gasteiger partial charge on any atom is 0.353 e. The van der Waals surface area contributed by atoms with E-state index < -0.39 is 18.0 Å². The van der Waals surface area contributed by atoms with Gasteiger partial charge in [0, 0.05) is 28.8 Å². The quantitative estimate of drug-likeness (QED) is 0.626. The van der Waals surface area contributed by atoms with E-state index in [1.807, 2.05) is 12.3 Å². The van der Waals surface area contributed by atoms with Crippen molar-refractivity contribution in [2.24, 2.45) is 11.8 Å². The van der Waals surface area contributed by atoms with Gasteiger partial charge in [-0.05, 0) is 25.8 Å². The van der Waals surface area contributed by atoms with E-state index in [0.717, 1.165) is 23.0 Å². The van der Waals surface area contributed by atoms with Crippen molar-refractivity contribution in [1.82, 2.24) is 15.2 Å². The molecule has 4 rings (SSSR count). The fourth-order valence-electron chi connectivity index (χ4n) is 4.28. The number of thioether (sulfide) groups is 1. The second-order valence-electron chi connectivity index (χ2n) is 7.62. The standard InChI is InChI=1S/C19H23N3O4S2/c1-8-6-11(4-5-20-8)12-7-27-19(21-12)28-16-9(2)14-13(10(3)23)17(24)22(14)15(16)18(25)26/h4,7-10,13-14,20,23H,5-6H2,1-3H3,(H,25,26). The number of nitrogens with one attached hydrogen (secondary N) is 1. The summed E-state index contributed by atoms with van der Waals surface area (Å²) in [4.78, 5) is 31.0. The third kappa shape index (κ3) is 3.10. The molecule has 1 fully saturated rings. The number of amides is 1. The van der Waals surface area contributed by atoms with Crippen molar-refractivity contribution in [3.05, 3.63) is 27.8 Å². The molecule has 3 aliphatic heterocycles. The van der Waals surface area contributed by atoms with Crippen molar-refractivity contribution in [3.8, 4) is 0 Å². The van der Waals surface area contributed by atoms with Crippen molar-refractivity contribution < 1.29 is 19.8 Å². The molecule has 0 saturated carbocycles. The molecule has 5 unspecified atom stereocenters. The normalized spacial score (nSPS) is 30.8. The van der Waals surface area contributed by atoms with Gasteiger partial charge in [0.25, 0.3) is 0 Å². The minimum atomic E-state index is -1.11. The van der Waals surface area contributed by atoms with Crippen LogP contribution in [0.3, 0.4) is 0 Å². The van der Waals surface area contributed by atoms with E-state index in [2.05, 4.69) is 18.3 Å². The Morgan fingerprint density at radius 1 is 1.46 bits per heavy atom. The Morgan fingerprint density at radius 3 is 2.86 bits per heavy atom. The molecule has 3 N–H and O–H groups in total. The van der Waals surface area contributed by atoms with Crippen LogP contribution in [0.1, 0.15) is 32.9 Å². The zero-order valence-electron chi connectivity index (χ0n) is 15.9. The fraction of sp³-hybridized carbons (Fsp3) is 0.526. The van der Waals surface area contributed by atoms with E-state index >= 15 is 0 Å². The van der Waals surface area contributed by atoms with E-state index in [4.69, 9.17) is 4.98 Å². The van der Waals surface area contributed by atoms with Crippen molar-refractivity contribution >= 4 is 40.5 Å². The first-order valence-corrected chi connectivity index (χ1v) is 11.0. The number of carbonyl (C=O) groups is 2. The molecule has 3 aliphatic rings. The SMILES string of the molecule is CC1CC(c2csc(SC3=C(C(=O)O)N4C(=O)C(C(C)O)C4C3C)n2)=CCN1. The average molecular weight is 422 g/mol. The number of aromatic nitrogens is 1. The van der Waals surface area contributed by atoms with Crippen LogP contribution in [0.5, 0.6) is 0 Å². The molecule has 9 heteroatoms. The summed E-state index contributed by atoms with van der Waals surface area (Å²) in [6.07, 6.45) is 2.26. The van der Waals surface area contributed by atoms with E-state index in [9.17, 15) is 19.8 Å². The van der Waals surface area contributed by atoms with Gasteiger partial charge >= 0.3 is 5.97 Å². The van der Waals surface area contributed by atoms with Crippen LogP contribution in [-0.2, 0) is 9.59 Å². The predicted octanol–water partition coefficient (Wildman–Crippen LogP) is 2.15. The third-order valence-corrected chi connectivity index (χ3v) is 7.89. The summed E-state index contributed by atoms with van der Waals surface area (Å²) in [5.74, 6) is -2.12. The molecule has 0 aromatic carbocycles. The summed E-state index contributed by atoms with van der Waals surface area (Å²) in [5.41, 5.74) is 2.18. The number of thiazole rings is 1. The Labute approximate surface area is 171 Å². The highest BCUT2D eigenvalue weighted by Crippen LogP contribution is 2.52. The summed E-state index contributed by atoms with van der Waals surface area (Å²) < 4.78 is 0.770. The first-order valence-electron chi connectivity index (χ1n) is 9.34. The molecule has 28 heavy (non-hydrogen) atoms. The molecule has 1 saturated heterocycles. The molecular weight excluding hydrogens is 398 g/mol. The van der Waals surface area contributed by atoms with Crippen LogP contribution in [0.25, 0.3) is 5.57 Å². The lowest BCUT2D eigenvalue weighted by atomic mass is 9.79. The number of hydrogen-bond donors (Lipinski definition) is 3. The second-order valence-corrected chi connectivity index (χ2v) is 9.76. The first kappa shape index (κ1) is 19.6. The number of nitrogens with zero attached hydrogens (tertiary/aromatic N) is 2. The second kappa shape index (κ2) is 7.29. The summed E-state index contributed by atoms with van der Waals surface area (Å²) in [6, 6.07) is 0.106. The van der Waals surface area contributed by atoms with Gasteiger partial charge in [-0.25, -0.2) is 9.78 Å². The lowest BCUT2D eigenvalue weighted by molar-refractivity contribution is -0.163.